The highest BCUT2D eigenvalue weighted by molar-refractivity contribution is 5.54. The minimum atomic E-state index is -0.251. The summed E-state index contributed by atoms with van der Waals surface area (Å²) in [7, 11) is 1.84. The molecule has 1 aromatic carbocycles. The predicted octanol–water partition coefficient (Wildman–Crippen LogP) is 2.83. The van der Waals surface area contributed by atoms with Crippen LogP contribution in [0.15, 0.2) is 34.9 Å². The van der Waals surface area contributed by atoms with Crippen molar-refractivity contribution in [2.24, 2.45) is 0 Å². The Bertz CT molecular complexity index is 548. The molecule has 1 aliphatic rings. The van der Waals surface area contributed by atoms with Gasteiger partial charge in [0.05, 0.1) is 5.69 Å². The summed E-state index contributed by atoms with van der Waals surface area (Å²) < 4.78 is 18.3. The molecule has 3 rings (SSSR count). The third-order valence-corrected chi connectivity index (χ3v) is 3.19. The van der Waals surface area contributed by atoms with Gasteiger partial charge in [0.15, 0.2) is 0 Å². The van der Waals surface area contributed by atoms with Crippen molar-refractivity contribution in [2.45, 2.75) is 25.4 Å². The number of anilines is 2. The first-order chi connectivity index (χ1) is 9.22. The van der Waals surface area contributed by atoms with Crippen LogP contribution in [0.4, 0.5) is 16.1 Å². The number of hydrogen-bond acceptors (Lipinski definition) is 4. The van der Waals surface area contributed by atoms with Crippen molar-refractivity contribution in [3.63, 3.8) is 0 Å². The average Bonchev–Trinajstić information content (AvgIpc) is 3.13. The van der Waals surface area contributed by atoms with Crippen LogP contribution in [-0.4, -0.2) is 18.1 Å². The third-order valence-electron chi connectivity index (χ3n) is 3.19. The second-order valence-electron chi connectivity index (χ2n) is 4.81. The monoisotopic (exact) mass is 261 g/mol. The lowest BCUT2D eigenvalue weighted by molar-refractivity contribution is 0.557. The highest BCUT2D eigenvalue weighted by Gasteiger charge is 2.21. The van der Waals surface area contributed by atoms with Crippen LogP contribution in [-0.2, 0) is 6.54 Å². The molecule has 1 aliphatic carbocycles. The molecular weight excluding hydrogens is 245 g/mol. The number of oxazole rings is 1. The fourth-order valence-corrected chi connectivity index (χ4v) is 1.84. The Kier molecular flexibility index (Phi) is 3.21. The van der Waals surface area contributed by atoms with E-state index in [0.717, 1.165) is 17.9 Å². The van der Waals surface area contributed by atoms with E-state index in [0.29, 0.717) is 12.1 Å². The van der Waals surface area contributed by atoms with Gasteiger partial charge in [-0.1, -0.05) is 0 Å². The van der Waals surface area contributed by atoms with Crippen LogP contribution in [0.25, 0.3) is 0 Å². The van der Waals surface area contributed by atoms with Crippen LogP contribution >= 0.6 is 0 Å². The predicted molar refractivity (Wildman–Crippen MR) is 70.8 cm³/mol. The van der Waals surface area contributed by atoms with Crippen LogP contribution in [0.3, 0.4) is 0 Å². The second kappa shape index (κ2) is 5.01. The number of halogens is 1. The Balaban J connectivity index is 1.68. The minimum absolute atomic E-state index is 0.251. The summed E-state index contributed by atoms with van der Waals surface area (Å²) in [5, 5.41) is 3.38. The van der Waals surface area contributed by atoms with E-state index in [1.165, 1.54) is 25.0 Å². The normalized spacial score (nSPS) is 14.6. The summed E-state index contributed by atoms with van der Waals surface area (Å²) in [6, 6.07) is 7.40. The van der Waals surface area contributed by atoms with E-state index in [4.69, 9.17) is 4.42 Å². The van der Waals surface area contributed by atoms with Crippen molar-refractivity contribution in [1.29, 1.82) is 0 Å². The number of aromatic nitrogens is 1. The highest BCUT2D eigenvalue weighted by atomic mass is 19.1. The maximum Gasteiger partial charge on any atom is 0.301 e. The molecular formula is C14H16FN3O. The third kappa shape index (κ3) is 2.93. The molecule has 0 radical (unpaired) electrons. The zero-order valence-corrected chi connectivity index (χ0v) is 10.8. The van der Waals surface area contributed by atoms with Crippen molar-refractivity contribution in [3.8, 4) is 0 Å². The summed E-state index contributed by atoms with van der Waals surface area (Å²) in [6.45, 7) is 0.728. The topological polar surface area (TPSA) is 41.3 Å². The first-order valence-electron chi connectivity index (χ1n) is 6.39. The Labute approximate surface area is 111 Å². The maximum absolute atomic E-state index is 12.9. The summed E-state index contributed by atoms with van der Waals surface area (Å²) in [5.41, 5.74) is 1.72. The van der Waals surface area contributed by atoms with Gasteiger partial charge in [-0.15, -0.1) is 0 Å². The molecule has 1 N–H and O–H groups in total. The van der Waals surface area contributed by atoms with Gasteiger partial charge in [0, 0.05) is 25.3 Å². The molecule has 100 valence electrons. The van der Waals surface area contributed by atoms with Gasteiger partial charge < -0.3 is 9.73 Å². The summed E-state index contributed by atoms with van der Waals surface area (Å²) in [6.07, 6.45) is 4.16. The van der Waals surface area contributed by atoms with Crippen LogP contribution in [0.1, 0.15) is 18.5 Å². The number of benzene rings is 1. The van der Waals surface area contributed by atoms with E-state index >= 15 is 0 Å². The van der Waals surface area contributed by atoms with Crippen molar-refractivity contribution < 1.29 is 8.81 Å². The summed E-state index contributed by atoms with van der Waals surface area (Å²) in [5.74, 6) is -0.251. The maximum atomic E-state index is 12.9. The smallest absolute Gasteiger partial charge is 0.301 e. The molecule has 0 unspecified atom stereocenters. The van der Waals surface area contributed by atoms with Gasteiger partial charge in [-0.2, -0.15) is 4.98 Å². The number of nitrogens with one attached hydrogen (secondary N) is 1. The van der Waals surface area contributed by atoms with Gasteiger partial charge in [0.2, 0.25) is 0 Å². The summed E-state index contributed by atoms with van der Waals surface area (Å²) >= 11 is 0. The van der Waals surface area contributed by atoms with E-state index in [-0.39, 0.29) is 5.82 Å². The molecule has 0 aliphatic heterocycles. The lowest BCUT2D eigenvalue weighted by Gasteiger charge is -2.13. The zero-order valence-electron chi connectivity index (χ0n) is 10.8. The number of rotatable bonds is 5. The molecule has 1 heterocycles. The van der Waals surface area contributed by atoms with Gasteiger partial charge in [-0.25, -0.2) is 4.39 Å². The quantitative estimate of drug-likeness (QED) is 0.898. The van der Waals surface area contributed by atoms with Crippen molar-refractivity contribution in [3.05, 3.63) is 42.0 Å². The van der Waals surface area contributed by atoms with Crippen LogP contribution in [0, 0.1) is 5.82 Å². The van der Waals surface area contributed by atoms with Gasteiger partial charge in [0.25, 0.3) is 0 Å². The van der Waals surface area contributed by atoms with Gasteiger partial charge >= 0.3 is 6.01 Å². The molecule has 0 saturated heterocycles. The molecule has 1 saturated carbocycles. The molecule has 5 heteroatoms. The Morgan fingerprint density at radius 2 is 2.11 bits per heavy atom. The van der Waals surface area contributed by atoms with Gasteiger partial charge in [-0.3, -0.25) is 4.90 Å². The first kappa shape index (κ1) is 12.2. The van der Waals surface area contributed by atoms with E-state index in [9.17, 15) is 4.39 Å². The minimum Gasteiger partial charge on any atom is -0.431 e. The van der Waals surface area contributed by atoms with E-state index in [1.54, 1.807) is 23.3 Å². The summed E-state index contributed by atoms with van der Waals surface area (Å²) in [4.78, 5) is 6.20. The molecule has 0 amide bonds. The molecule has 1 fully saturated rings. The van der Waals surface area contributed by atoms with Gasteiger partial charge in [-0.05, 0) is 37.1 Å². The van der Waals surface area contributed by atoms with Crippen LogP contribution in [0.5, 0.6) is 0 Å². The SMILES string of the molecule is CN(c1ccc(F)cc1)c1nc(CNC2CC2)co1. The number of hydrogen-bond donors (Lipinski definition) is 1. The van der Waals surface area contributed by atoms with Gasteiger partial charge in [0.1, 0.15) is 12.1 Å². The van der Waals surface area contributed by atoms with Crippen molar-refractivity contribution in [1.82, 2.24) is 10.3 Å². The van der Waals surface area contributed by atoms with Crippen molar-refractivity contribution >= 4 is 11.7 Å². The standard InChI is InChI=1S/C14H16FN3O/c1-18(13-6-2-10(15)3-7-13)14-17-12(9-19-14)8-16-11-4-5-11/h2-3,6-7,9,11,16H,4-5,8H2,1H3. The lowest BCUT2D eigenvalue weighted by atomic mass is 10.3. The van der Waals surface area contributed by atoms with Crippen LogP contribution < -0.4 is 10.2 Å². The van der Waals surface area contributed by atoms with E-state index in [1.807, 2.05) is 7.05 Å². The molecule has 0 atom stereocenters. The highest BCUT2D eigenvalue weighted by Crippen LogP contribution is 2.23. The Morgan fingerprint density at radius 1 is 1.37 bits per heavy atom. The largest absolute Gasteiger partial charge is 0.431 e. The average molecular weight is 261 g/mol. The molecule has 4 nitrogen and oxygen atoms in total. The molecule has 1 aromatic heterocycles. The Morgan fingerprint density at radius 3 is 2.79 bits per heavy atom. The molecule has 19 heavy (non-hydrogen) atoms. The first-order valence-corrected chi connectivity index (χ1v) is 6.39. The molecule has 0 spiro atoms. The fourth-order valence-electron chi connectivity index (χ4n) is 1.84. The number of nitrogens with zero attached hydrogens (tertiary/aromatic N) is 2. The van der Waals surface area contributed by atoms with E-state index < -0.39 is 0 Å². The van der Waals surface area contributed by atoms with E-state index in [2.05, 4.69) is 10.3 Å². The Hall–Kier alpha value is -1.88. The van der Waals surface area contributed by atoms with Crippen molar-refractivity contribution in [2.75, 3.05) is 11.9 Å². The lowest BCUT2D eigenvalue weighted by Crippen LogP contribution is -2.16. The molecule has 2 aromatic rings. The fraction of sp³-hybridized carbons (Fsp3) is 0.357. The molecule has 0 bridgehead atoms. The van der Waals surface area contributed by atoms with Crippen LogP contribution in [0.2, 0.25) is 0 Å². The zero-order chi connectivity index (χ0) is 13.2. The second-order valence-corrected chi connectivity index (χ2v) is 4.81.